The molecule has 1 saturated carbocycles. The van der Waals surface area contributed by atoms with E-state index in [9.17, 15) is 9.59 Å². The molecule has 2 aromatic rings. The van der Waals surface area contributed by atoms with Gasteiger partial charge < -0.3 is 21.4 Å². The van der Waals surface area contributed by atoms with Crippen molar-refractivity contribution >= 4 is 40.7 Å². The fraction of sp³-hybridized carbons (Fsp3) is 0.357. The van der Waals surface area contributed by atoms with Crippen LogP contribution in [0.3, 0.4) is 0 Å². The van der Waals surface area contributed by atoms with Gasteiger partial charge in [-0.1, -0.05) is 0 Å². The Hall–Kier alpha value is -1.90. The van der Waals surface area contributed by atoms with Crippen molar-refractivity contribution in [3.63, 3.8) is 0 Å². The highest BCUT2D eigenvalue weighted by atomic mass is 35.5. The second-order valence-corrected chi connectivity index (χ2v) is 6.18. The maximum atomic E-state index is 11.8. The van der Waals surface area contributed by atoms with Crippen LogP contribution < -0.4 is 16.4 Å². The molecule has 2 heterocycles. The Morgan fingerprint density at radius 1 is 1.43 bits per heavy atom. The minimum absolute atomic E-state index is 0. The number of rotatable bonds is 7. The third-order valence-corrected chi connectivity index (χ3v) is 4.17. The van der Waals surface area contributed by atoms with Gasteiger partial charge in [-0.3, -0.25) is 9.59 Å². The number of carbonyl (C=O) groups is 2. The highest BCUT2D eigenvalue weighted by Crippen LogP contribution is 2.27. The summed E-state index contributed by atoms with van der Waals surface area (Å²) in [7, 11) is 0. The number of nitrogens with one attached hydrogen (secondary N) is 3. The molecule has 0 unspecified atom stereocenters. The number of carbonyl (C=O) groups excluding carboxylic acids is 2. The van der Waals surface area contributed by atoms with Crippen molar-refractivity contribution in [3.8, 4) is 11.3 Å². The normalized spacial score (nSPS) is 13.4. The van der Waals surface area contributed by atoms with E-state index < -0.39 is 5.91 Å². The number of hydrogen-bond acceptors (Lipinski definition) is 5. The lowest BCUT2D eigenvalue weighted by molar-refractivity contribution is -0.115. The zero-order valence-corrected chi connectivity index (χ0v) is 13.9. The molecular weight excluding hydrogens is 338 g/mol. The van der Waals surface area contributed by atoms with Gasteiger partial charge in [-0.25, -0.2) is 4.98 Å². The largest absolute Gasteiger partial charge is 0.364 e. The van der Waals surface area contributed by atoms with Gasteiger partial charge in [0.15, 0.2) is 5.13 Å². The van der Waals surface area contributed by atoms with Crippen LogP contribution in [0.25, 0.3) is 11.3 Å². The Kier molecular flexibility index (Phi) is 5.75. The molecule has 5 N–H and O–H groups in total. The van der Waals surface area contributed by atoms with Crippen LogP contribution in [0.5, 0.6) is 0 Å². The van der Waals surface area contributed by atoms with Crippen LogP contribution in [0.1, 0.15) is 23.3 Å². The molecule has 0 bridgehead atoms. The van der Waals surface area contributed by atoms with Gasteiger partial charge >= 0.3 is 0 Å². The third kappa shape index (κ3) is 4.78. The number of nitrogens with two attached hydrogens (primary N) is 1. The van der Waals surface area contributed by atoms with Crippen LogP contribution in [-0.2, 0) is 4.79 Å². The van der Waals surface area contributed by atoms with Crippen LogP contribution in [0.2, 0.25) is 0 Å². The van der Waals surface area contributed by atoms with Gasteiger partial charge in [0.05, 0.1) is 12.2 Å². The van der Waals surface area contributed by atoms with E-state index in [1.807, 2.05) is 5.38 Å². The summed E-state index contributed by atoms with van der Waals surface area (Å²) in [5.41, 5.74) is 6.98. The van der Waals surface area contributed by atoms with Crippen LogP contribution in [0.4, 0.5) is 5.13 Å². The Morgan fingerprint density at radius 2 is 2.22 bits per heavy atom. The predicted octanol–water partition coefficient (Wildman–Crippen LogP) is 1.60. The first kappa shape index (κ1) is 17.5. The van der Waals surface area contributed by atoms with Crippen molar-refractivity contribution in [2.45, 2.75) is 12.8 Å². The van der Waals surface area contributed by atoms with Gasteiger partial charge in [-0.2, -0.15) is 0 Å². The minimum Gasteiger partial charge on any atom is -0.364 e. The lowest BCUT2D eigenvalue weighted by atomic mass is 10.2. The number of aromatic nitrogens is 2. The monoisotopic (exact) mass is 355 g/mol. The van der Waals surface area contributed by atoms with Gasteiger partial charge in [0, 0.05) is 17.1 Å². The number of aromatic amines is 1. The van der Waals surface area contributed by atoms with Crippen molar-refractivity contribution in [1.29, 1.82) is 0 Å². The summed E-state index contributed by atoms with van der Waals surface area (Å²) >= 11 is 1.34. The minimum atomic E-state index is -0.517. The molecule has 2 amide bonds. The number of nitrogens with zero attached hydrogens (tertiary/aromatic N) is 1. The second kappa shape index (κ2) is 7.58. The van der Waals surface area contributed by atoms with Crippen LogP contribution in [0, 0.1) is 5.92 Å². The summed E-state index contributed by atoms with van der Waals surface area (Å²) in [4.78, 5) is 30.0. The number of anilines is 1. The fourth-order valence-corrected chi connectivity index (χ4v) is 2.76. The smallest absolute Gasteiger partial charge is 0.265 e. The number of H-pyrrole nitrogens is 1. The van der Waals surface area contributed by atoms with Gasteiger partial charge in [0.1, 0.15) is 5.69 Å². The van der Waals surface area contributed by atoms with Gasteiger partial charge in [-0.15, -0.1) is 23.7 Å². The zero-order valence-electron chi connectivity index (χ0n) is 12.3. The number of hydrogen-bond donors (Lipinski definition) is 4. The van der Waals surface area contributed by atoms with E-state index in [0.717, 1.165) is 18.0 Å². The molecule has 0 radical (unpaired) electrons. The lowest BCUT2D eigenvalue weighted by Gasteiger charge is -2.03. The Balaban J connectivity index is 0.00000192. The molecule has 0 aliphatic heterocycles. The fourth-order valence-electron chi connectivity index (χ4n) is 2.02. The molecule has 124 valence electrons. The van der Waals surface area contributed by atoms with E-state index in [4.69, 9.17) is 5.73 Å². The molecule has 0 aromatic carbocycles. The molecule has 3 rings (SSSR count). The predicted molar refractivity (Wildman–Crippen MR) is 91.9 cm³/mol. The van der Waals surface area contributed by atoms with E-state index in [-0.39, 0.29) is 18.3 Å². The first-order valence-electron chi connectivity index (χ1n) is 7.06. The lowest BCUT2D eigenvalue weighted by Crippen LogP contribution is -2.29. The summed E-state index contributed by atoms with van der Waals surface area (Å²) < 4.78 is 0. The molecular formula is C14H18ClN5O2S. The van der Waals surface area contributed by atoms with Crippen molar-refractivity contribution in [2.75, 3.05) is 18.4 Å². The molecule has 9 heteroatoms. The second-order valence-electron chi connectivity index (χ2n) is 5.33. The number of amides is 2. The van der Waals surface area contributed by atoms with E-state index in [1.165, 1.54) is 24.2 Å². The SMILES string of the molecule is Cl.NC(=O)c1cc(-c2csc(NC(=O)CNCC3CC3)n2)c[nH]1. The quantitative estimate of drug-likeness (QED) is 0.604. The summed E-state index contributed by atoms with van der Waals surface area (Å²) in [6, 6.07) is 1.64. The van der Waals surface area contributed by atoms with Crippen LogP contribution in [0.15, 0.2) is 17.6 Å². The molecule has 1 fully saturated rings. The van der Waals surface area contributed by atoms with Crippen LogP contribution in [-0.4, -0.2) is 34.9 Å². The highest BCUT2D eigenvalue weighted by molar-refractivity contribution is 7.14. The molecule has 0 atom stereocenters. The summed E-state index contributed by atoms with van der Waals surface area (Å²) in [6.45, 7) is 1.19. The van der Waals surface area contributed by atoms with Crippen molar-refractivity contribution < 1.29 is 9.59 Å². The van der Waals surface area contributed by atoms with E-state index in [0.29, 0.717) is 23.1 Å². The third-order valence-electron chi connectivity index (χ3n) is 3.41. The molecule has 7 nitrogen and oxygen atoms in total. The standard InChI is InChI=1S/C14H17N5O2S.ClH/c15-13(21)10-3-9(5-17-10)11-7-22-14(18-11)19-12(20)6-16-4-8-1-2-8;/h3,5,7-8,16-17H,1-2,4,6H2,(H2,15,21)(H,18,19,20);1H. The first-order chi connectivity index (χ1) is 10.6. The van der Waals surface area contributed by atoms with E-state index >= 15 is 0 Å². The average molecular weight is 356 g/mol. The Morgan fingerprint density at radius 3 is 2.87 bits per heavy atom. The molecule has 1 aliphatic rings. The molecule has 2 aromatic heterocycles. The molecule has 0 spiro atoms. The van der Waals surface area contributed by atoms with Crippen molar-refractivity contribution in [2.24, 2.45) is 11.7 Å². The Bertz CT molecular complexity index is 695. The van der Waals surface area contributed by atoms with Crippen molar-refractivity contribution in [3.05, 3.63) is 23.3 Å². The van der Waals surface area contributed by atoms with Crippen molar-refractivity contribution in [1.82, 2.24) is 15.3 Å². The number of primary amides is 1. The topological polar surface area (TPSA) is 113 Å². The van der Waals surface area contributed by atoms with E-state index in [1.54, 1.807) is 12.3 Å². The summed E-state index contributed by atoms with van der Waals surface area (Å²) in [5, 5.41) is 8.25. The molecule has 1 aliphatic carbocycles. The molecule has 0 saturated heterocycles. The number of halogens is 1. The summed E-state index contributed by atoms with van der Waals surface area (Å²) in [5.74, 6) is 0.123. The first-order valence-corrected chi connectivity index (χ1v) is 7.94. The van der Waals surface area contributed by atoms with Crippen LogP contribution >= 0.6 is 23.7 Å². The average Bonchev–Trinajstić information content (AvgIpc) is 2.99. The zero-order chi connectivity index (χ0) is 15.5. The maximum Gasteiger partial charge on any atom is 0.265 e. The van der Waals surface area contributed by atoms with Gasteiger partial charge in [-0.05, 0) is 31.4 Å². The molecule has 23 heavy (non-hydrogen) atoms. The summed E-state index contributed by atoms with van der Waals surface area (Å²) in [6.07, 6.45) is 4.18. The van der Waals surface area contributed by atoms with Gasteiger partial charge in [0.25, 0.3) is 5.91 Å². The van der Waals surface area contributed by atoms with E-state index in [2.05, 4.69) is 20.6 Å². The number of thiazole rings is 1. The Labute approximate surface area is 143 Å². The maximum absolute atomic E-state index is 11.8. The highest BCUT2D eigenvalue weighted by Gasteiger charge is 2.20. The van der Waals surface area contributed by atoms with Gasteiger partial charge in [0.2, 0.25) is 5.91 Å².